The second kappa shape index (κ2) is 5.21. The van der Waals surface area contributed by atoms with Crippen molar-refractivity contribution in [2.45, 2.75) is 20.8 Å². The highest BCUT2D eigenvalue weighted by molar-refractivity contribution is 5.86. The molecule has 106 valence electrons. The molecule has 2 heteroatoms. The zero-order valence-electron chi connectivity index (χ0n) is 12.9. The van der Waals surface area contributed by atoms with Gasteiger partial charge in [-0.05, 0) is 62.7 Å². The molecule has 3 rings (SSSR count). The Balaban J connectivity index is 2.20. The summed E-state index contributed by atoms with van der Waals surface area (Å²) in [6, 6.07) is 14.7. The Labute approximate surface area is 125 Å². The van der Waals surface area contributed by atoms with Gasteiger partial charge in [0.1, 0.15) is 5.75 Å². The molecule has 0 unspecified atom stereocenters. The lowest BCUT2D eigenvalue weighted by Gasteiger charge is -2.09. The van der Waals surface area contributed by atoms with Crippen LogP contribution in [0.1, 0.15) is 16.7 Å². The number of benzene rings is 2. The first-order valence-corrected chi connectivity index (χ1v) is 7.11. The highest BCUT2D eigenvalue weighted by atomic mass is 16.5. The average Bonchev–Trinajstić information content (AvgIpc) is 2.46. The lowest BCUT2D eigenvalue weighted by Crippen LogP contribution is -1.91. The third-order valence-corrected chi connectivity index (χ3v) is 3.74. The Hall–Kier alpha value is -2.35. The highest BCUT2D eigenvalue weighted by Gasteiger charge is 2.07. The fourth-order valence-corrected chi connectivity index (χ4v) is 2.77. The number of hydrogen-bond donors (Lipinski definition) is 0. The van der Waals surface area contributed by atoms with Crippen LogP contribution in [-0.4, -0.2) is 12.1 Å². The third kappa shape index (κ3) is 2.62. The molecule has 0 radical (unpaired) electrons. The molecule has 0 bridgehead atoms. The van der Waals surface area contributed by atoms with Crippen LogP contribution < -0.4 is 4.74 Å². The molecule has 3 aromatic rings. The summed E-state index contributed by atoms with van der Waals surface area (Å²) in [5.74, 6) is 0.867. The van der Waals surface area contributed by atoms with E-state index in [1.165, 1.54) is 22.3 Å². The van der Waals surface area contributed by atoms with Crippen molar-refractivity contribution in [2.24, 2.45) is 0 Å². The molecule has 2 nitrogen and oxygen atoms in total. The van der Waals surface area contributed by atoms with Gasteiger partial charge in [0.15, 0.2) is 0 Å². The van der Waals surface area contributed by atoms with Crippen LogP contribution in [0.5, 0.6) is 5.75 Å². The van der Waals surface area contributed by atoms with Gasteiger partial charge in [-0.1, -0.05) is 17.2 Å². The van der Waals surface area contributed by atoms with Crippen molar-refractivity contribution in [1.82, 2.24) is 4.98 Å². The van der Waals surface area contributed by atoms with Gasteiger partial charge in [-0.15, -0.1) is 0 Å². The molecule has 2 aromatic carbocycles. The maximum atomic E-state index is 5.30. The quantitative estimate of drug-likeness (QED) is 0.669. The average molecular weight is 277 g/mol. The van der Waals surface area contributed by atoms with E-state index in [0.717, 1.165) is 22.3 Å². The maximum absolute atomic E-state index is 5.30. The monoisotopic (exact) mass is 277 g/mol. The van der Waals surface area contributed by atoms with E-state index in [1.54, 1.807) is 7.11 Å². The Morgan fingerprint density at radius 3 is 2.24 bits per heavy atom. The molecule has 0 fully saturated rings. The van der Waals surface area contributed by atoms with E-state index in [-0.39, 0.29) is 0 Å². The van der Waals surface area contributed by atoms with E-state index in [4.69, 9.17) is 9.72 Å². The molecule has 1 heterocycles. The first-order chi connectivity index (χ1) is 10.1. The summed E-state index contributed by atoms with van der Waals surface area (Å²) in [6.07, 6.45) is 0. The molecule has 0 spiro atoms. The standard InChI is InChI=1S/C19H19NO/c1-12-7-13(2)9-15(8-12)19-10-14(3)17-11-16(21-4)5-6-18(17)20-19/h5-11H,1-4H3. The van der Waals surface area contributed by atoms with E-state index in [0.29, 0.717) is 0 Å². The van der Waals surface area contributed by atoms with Crippen molar-refractivity contribution < 1.29 is 4.74 Å². The normalized spacial score (nSPS) is 10.9. The number of nitrogens with zero attached hydrogens (tertiary/aromatic N) is 1. The smallest absolute Gasteiger partial charge is 0.119 e. The van der Waals surface area contributed by atoms with Gasteiger partial charge in [0.25, 0.3) is 0 Å². The summed E-state index contributed by atoms with van der Waals surface area (Å²) < 4.78 is 5.30. The Morgan fingerprint density at radius 1 is 0.857 bits per heavy atom. The molecule has 0 saturated heterocycles. The first-order valence-electron chi connectivity index (χ1n) is 7.11. The topological polar surface area (TPSA) is 22.1 Å². The van der Waals surface area contributed by atoms with Crippen molar-refractivity contribution in [3.05, 3.63) is 59.2 Å². The molecule has 0 saturated carbocycles. The maximum Gasteiger partial charge on any atom is 0.119 e. The van der Waals surface area contributed by atoms with Crippen LogP contribution in [0, 0.1) is 20.8 Å². The van der Waals surface area contributed by atoms with E-state index < -0.39 is 0 Å². The van der Waals surface area contributed by atoms with Crippen LogP contribution >= 0.6 is 0 Å². The van der Waals surface area contributed by atoms with Gasteiger partial charge in [0.2, 0.25) is 0 Å². The second-order valence-corrected chi connectivity index (χ2v) is 5.58. The number of ether oxygens (including phenoxy) is 1. The molecular formula is C19H19NO. The van der Waals surface area contributed by atoms with Gasteiger partial charge in [-0.3, -0.25) is 0 Å². The molecule has 0 amide bonds. The van der Waals surface area contributed by atoms with Crippen molar-refractivity contribution in [2.75, 3.05) is 7.11 Å². The van der Waals surface area contributed by atoms with Crippen LogP contribution in [0.4, 0.5) is 0 Å². The van der Waals surface area contributed by atoms with Gasteiger partial charge in [-0.2, -0.15) is 0 Å². The van der Waals surface area contributed by atoms with E-state index in [2.05, 4.69) is 45.0 Å². The predicted molar refractivity (Wildman–Crippen MR) is 87.9 cm³/mol. The summed E-state index contributed by atoms with van der Waals surface area (Å²) >= 11 is 0. The zero-order chi connectivity index (χ0) is 15.0. The van der Waals surface area contributed by atoms with Crippen molar-refractivity contribution >= 4 is 10.9 Å². The molecule has 0 atom stereocenters. The summed E-state index contributed by atoms with van der Waals surface area (Å²) in [5.41, 5.74) is 6.95. The number of hydrogen-bond acceptors (Lipinski definition) is 2. The Bertz CT molecular complexity index is 801. The minimum atomic E-state index is 0.867. The summed E-state index contributed by atoms with van der Waals surface area (Å²) in [5, 5.41) is 1.14. The van der Waals surface area contributed by atoms with Crippen LogP contribution in [0.25, 0.3) is 22.2 Å². The first kappa shape index (κ1) is 13.6. The number of methoxy groups -OCH3 is 1. The molecule has 0 aliphatic heterocycles. The lowest BCUT2D eigenvalue weighted by molar-refractivity contribution is 0.415. The van der Waals surface area contributed by atoms with Crippen LogP contribution in [0.3, 0.4) is 0 Å². The largest absolute Gasteiger partial charge is 0.497 e. The third-order valence-electron chi connectivity index (χ3n) is 3.74. The van der Waals surface area contributed by atoms with Gasteiger partial charge < -0.3 is 4.74 Å². The van der Waals surface area contributed by atoms with E-state index >= 15 is 0 Å². The highest BCUT2D eigenvalue weighted by Crippen LogP contribution is 2.28. The number of aryl methyl sites for hydroxylation is 3. The van der Waals surface area contributed by atoms with Gasteiger partial charge in [0.05, 0.1) is 18.3 Å². The van der Waals surface area contributed by atoms with E-state index in [9.17, 15) is 0 Å². The fourth-order valence-electron chi connectivity index (χ4n) is 2.77. The number of aromatic nitrogens is 1. The summed E-state index contributed by atoms with van der Waals surface area (Å²) in [4.78, 5) is 4.81. The molecule has 0 N–H and O–H groups in total. The summed E-state index contributed by atoms with van der Waals surface area (Å²) in [6.45, 7) is 6.36. The summed E-state index contributed by atoms with van der Waals surface area (Å²) in [7, 11) is 1.69. The van der Waals surface area contributed by atoms with Gasteiger partial charge in [0, 0.05) is 10.9 Å². The number of rotatable bonds is 2. The van der Waals surface area contributed by atoms with E-state index in [1.807, 2.05) is 18.2 Å². The van der Waals surface area contributed by atoms with Crippen molar-refractivity contribution in [1.29, 1.82) is 0 Å². The van der Waals surface area contributed by atoms with Crippen LogP contribution in [0.2, 0.25) is 0 Å². The van der Waals surface area contributed by atoms with Crippen molar-refractivity contribution in [3.63, 3.8) is 0 Å². The predicted octanol–water partition coefficient (Wildman–Crippen LogP) is 4.84. The molecule has 21 heavy (non-hydrogen) atoms. The van der Waals surface area contributed by atoms with Gasteiger partial charge >= 0.3 is 0 Å². The van der Waals surface area contributed by atoms with Crippen molar-refractivity contribution in [3.8, 4) is 17.0 Å². The Kier molecular flexibility index (Phi) is 3.38. The fraction of sp³-hybridized carbons (Fsp3) is 0.211. The molecule has 0 aliphatic rings. The van der Waals surface area contributed by atoms with Crippen LogP contribution in [0.15, 0.2) is 42.5 Å². The zero-order valence-corrected chi connectivity index (χ0v) is 12.9. The molecule has 0 aliphatic carbocycles. The second-order valence-electron chi connectivity index (χ2n) is 5.58. The Morgan fingerprint density at radius 2 is 1.57 bits per heavy atom. The number of pyridine rings is 1. The lowest BCUT2D eigenvalue weighted by atomic mass is 10.0. The molecule has 1 aromatic heterocycles. The van der Waals surface area contributed by atoms with Crippen LogP contribution in [-0.2, 0) is 0 Å². The number of fused-ring (bicyclic) bond motifs is 1. The minimum absolute atomic E-state index is 0.867. The van der Waals surface area contributed by atoms with Gasteiger partial charge in [-0.25, -0.2) is 4.98 Å². The molecular weight excluding hydrogens is 258 g/mol. The SMILES string of the molecule is COc1ccc2nc(-c3cc(C)cc(C)c3)cc(C)c2c1. The minimum Gasteiger partial charge on any atom is -0.497 e.